The zero-order valence-electron chi connectivity index (χ0n) is 13.7. The van der Waals surface area contributed by atoms with E-state index in [1.807, 2.05) is 12.3 Å². The maximum atomic E-state index is 4.67. The lowest BCUT2D eigenvalue weighted by Crippen LogP contribution is -2.29. The van der Waals surface area contributed by atoms with Gasteiger partial charge in [0.2, 0.25) is 0 Å². The van der Waals surface area contributed by atoms with Crippen LogP contribution in [-0.4, -0.2) is 24.6 Å². The first-order chi connectivity index (χ1) is 9.74. The molecule has 0 saturated carbocycles. The van der Waals surface area contributed by atoms with E-state index in [2.05, 4.69) is 49.0 Å². The third-order valence-electron chi connectivity index (χ3n) is 3.66. The van der Waals surface area contributed by atoms with Crippen LogP contribution in [0.25, 0.3) is 0 Å². The van der Waals surface area contributed by atoms with Gasteiger partial charge < -0.3 is 10.2 Å². The van der Waals surface area contributed by atoms with Crippen molar-refractivity contribution in [1.82, 2.24) is 10.3 Å². The maximum Gasteiger partial charge on any atom is 0.133 e. The number of nitrogens with zero attached hydrogens (tertiary/aromatic N) is 2. The van der Waals surface area contributed by atoms with E-state index >= 15 is 0 Å². The minimum Gasteiger partial charge on any atom is -0.356 e. The Bertz CT molecular complexity index is 357. The monoisotopic (exact) mass is 277 g/mol. The third-order valence-corrected chi connectivity index (χ3v) is 3.66. The predicted molar refractivity (Wildman–Crippen MR) is 88.4 cm³/mol. The number of anilines is 1. The van der Waals surface area contributed by atoms with Crippen LogP contribution < -0.4 is 10.2 Å². The smallest absolute Gasteiger partial charge is 0.133 e. The van der Waals surface area contributed by atoms with Gasteiger partial charge in [-0.1, -0.05) is 39.7 Å². The van der Waals surface area contributed by atoms with Crippen molar-refractivity contribution >= 4 is 5.82 Å². The molecule has 0 fully saturated rings. The molecule has 1 heterocycles. The van der Waals surface area contributed by atoms with Gasteiger partial charge in [-0.15, -0.1) is 0 Å². The fraction of sp³-hybridized carbons (Fsp3) is 0.706. The molecule has 0 aliphatic heterocycles. The summed E-state index contributed by atoms with van der Waals surface area (Å²) < 4.78 is 0. The highest BCUT2D eigenvalue weighted by atomic mass is 15.2. The van der Waals surface area contributed by atoms with Crippen LogP contribution in [0.4, 0.5) is 5.82 Å². The van der Waals surface area contributed by atoms with Gasteiger partial charge in [-0.25, -0.2) is 4.98 Å². The van der Waals surface area contributed by atoms with Crippen molar-refractivity contribution in [2.24, 2.45) is 0 Å². The van der Waals surface area contributed by atoms with Gasteiger partial charge in [-0.05, 0) is 32.4 Å². The Labute approximate surface area is 124 Å². The minimum atomic E-state index is 0.356. The summed E-state index contributed by atoms with van der Waals surface area (Å²) >= 11 is 0. The predicted octanol–water partition coefficient (Wildman–Crippen LogP) is 4.16. The molecule has 0 aromatic carbocycles. The Hall–Kier alpha value is -1.09. The average molecular weight is 277 g/mol. The van der Waals surface area contributed by atoms with E-state index in [9.17, 15) is 0 Å². The Morgan fingerprint density at radius 2 is 1.80 bits per heavy atom. The molecule has 1 atom stereocenters. The molecule has 0 saturated heterocycles. The van der Waals surface area contributed by atoms with E-state index in [4.69, 9.17) is 0 Å². The van der Waals surface area contributed by atoms with Crippen molar-refractivity contribution in [2.75, 3.05) is 24.5 Å². The van der Waals surface area contributed by atoms with Crippen molar-refractivity contribution < 1.29 is 0 Å². The van der Waals surface area contributed by atoms with E-state index in [1.165, 1.54) is 37.1 Å². The Balaban J connectivity index is 2.92. The summed E-state index contributed by atoms with van der Waals surface area (Å²) in [7, 11) is 0. The molecule has 3 nitrogen and oxygen atoms in total. The molecule has 0 aliphatic rings. The second kappa shape index (κ2) is 9.76. The van der Waals surface area contributed by atoms with E-state index in [0.717, 1.165) is 19.6 Å². The van der Waals surface area contributed by atoms with E-state index in [-0.39, 0.29) is 0 Å². The highest BCUT2D eigenvalue weighted by Crippen LogP contribution is 2.24. The standard InChI is InChI=1S/C17H31N3/c1-5-8-13-20(14-9-6-2)17-16(11-10-12-19-17)15(4)18-7-3/h10-12,15,18H,5-9,13-14H2,1-4H3. The number of hydrogen-bond acceptors (Lipinski definition) is 3. The molecule has 0 spiro atoms. The molecule has 1 aromatic rings. The van der Waals surface area contributed by atoms with Crippen molar-refractivity contribution in [3.05, 3.63) is 23.9 Å². The molecule has 0 amide bonds. The molecule has 0 bridgehead atoms. The van der Waals surface area contributed by atoms with Crippen LogP contribution in [0.5, 0.6) is 0 Å². The van der Waals surface area contributed by atoms with Crippen molar-refractivity contribution in [3.8, 4) is 0 Å². The SMILES string of the molecule is CCCCN(CCCC)c1ncccc1C(C)NCC. The summed E-state index contributed by atoms with van der Waals surface area (Å²) in [4.78, 5) is 7.14. The quantitative estimate of drug-likeness (QED) is 0.696. The van der Waals surface area contributed by atoms with Crippen LogP contribution in [0.2, 0.25) is 0 Å². The molecule has 20 heavy (non-hydrogen) atoms. The summed E-state index contributed by atoms with van der Waals surface area (Å²) in [6.07, 6.45) is 6.84. The van der Waals surface area contributed by atoms with Crippen molar-refractivity contribution in [2.45, 2.75) is 59.4 Å². The summed E-state index contributed by atoms with van der Waals surface area (Å²) in [5.41, 5.74) is 1.32. The lowest BCUT2D eigenvalue weighted by Gasteiger charge is -2.27. The van der Waals surface area contributed by atoms with Gasteiger partial charge >= 0.3 is 0 Å². The highest BCUT2D eigenvalue weighted by Gasteiger charge is 2.15. The Morgan fingerprint density at radius 1 is 1.15 bits per heavy atom. The molecule has 0 aliphatic carbocycles. The molecular weight excluding hydrogens is 246 g/mol. The van der Waals surface area contributed by atoms with Crippen LogP contribution in [0.15, 0.2) is 18.3 Å². The first-order valence-corrected chi connectivity index (χ1v) is 8.17. The van der Waals surface area contributed by atoms with Crippen molar-refractivity contribution in [3.63, 3.8) is 0 Å². The number of pyridine rings is 1. The number of aromatic nitrogens is 1. The number of hydrogen-bond donors (Lipinski definition) is 1. The van der Waals surface area contributed by atoms with E-state index < -0.39 is 0 Å². The van der Waals surface area contributed by atoms with Crippen LogP contribution >= 0.6 is 0 Å². The summed E-state index contributed by atoms with van der Waals surface area (Å²) in [6, 6.07) is 4.61. The van der Waals surface area contributed by atoms with Gasteiger partial charge in [0.05, 0.1) is 0 Å². The lowest BCUT2D eigenvalue weighted by molar-refractivity contribution is 0.588. The van der Waals surface area contributed by atoms with Gasteiger partial charge in [0.25, 0.3) is 0 Å². The van der Waals surface area contributed by atoms with Gasteiger partial charge in [0.1, 0.15) is 5.82 Å². The van der Waals surface area contributed by atoms with Crippen molar-refractivity contribution in [1.29, 1.82) is 0 Å². The molecule has 1 rings (SSSR count). The van der Waals surface area contributed by atoms with Gasteiger partial charge in [0.15, 0.2) is 0 Å². The topological polar surface area (TPSA) is 28.2 Å². The van der Waals surface area contributed by atoms with Crippen LogP contribution in [0, 0.1) is 0 Å². The lowest BCUT2D eigenvalue weighted by atomic mass is 10.1. The number of nitrogens with one attached hydrogen (secondary N) is 1. The Kier molecular flexibility index (Phi) is 8.28. The molecule has 114 valence electrons. The van der Waals surface area contributed by atoms with Gasteiger partial charge in [-0.3, -0.25) is 0 Å². The highest BCUT2D eigenvalue weighted by molar-refractivity contribution is 5.48. The fourth-order valence-corrected chi connectivity index (χ4v) is 2.45. The maximum absolute atomic E-state index is 4.67. The number of unbranched alkanes of at least 4 members (excludes halogenated alkanes) is 2. The van der Waals surface area contributed by atoms with Crippen LogP contribution in [0.1, 0.15) is 65.0 Å². The van der Waals surface area contributed by atoms with Gasteiger partial charge in [0, 0.05) is 30.9 Å². The largest absolute Gasteiger partial charge is 0.356 e. The van der Waals surface area contributed by atoms with Crippen LogP contribution in [-0.2, 0) is 0 Å². The normalized spacial score (nSPS) is 12.4. The third kappa shape index (κ3) is 5.12. The molecule has 1 unspecified atom stereocenters. The zero-order valence-corrected chi connectivity index (χ0v) is 13.7. The number of rotatable bonds is 10. The first kappa shape index (κ1) is 17.0. The molecular formula is C17H31N3. The van der Waals surface area contributed by atoms with E-state index in [0.29, 0.717) is 6.04 Å². The van der Waals surface area contributed by atoms with E-state index in [1.54, 1.807) is 0 Å². The average Bonchev–Trinajstić information content (AvgIpc) is 2.48. The molecule has 0 radical (unpaired) electrons. The summed E-state index contributed by atoms with van der Waals surface area (Å²) in [5, 5.41) is 3.50. The molecule has 1 aromatic heterocycles. The second-order valence-corrected chi connectivity index (χ2v) is 5.39. The minimum absolute atomic E-state index is 0.356. The zero-order chi connectivity index (χ0) is 14.8. The first-order valence-electron chi connectivity index (χ1n) is 8.17. The second-order valence-electron chi connectivity index (χ2n) is 5.39. The molecule has 3 heteroatoms. The van der Waals surface area contributed by atoms with Gasteiger partial charge in [-0.2, -0.15) is 0 Å². The molecule has 1 N–H and O–H groups in total. The Morgan fingerprint density at radius 3 is 2.35 bits per heavy atom. The van der Waals surface area contributed by atoms with Crippen LogP contribution in [0.3, 0.4) is 0 Å². The fourth-order valence-electron chi connectivity index (χ4n) is 2.45. The summed E-state index contributed by atoms with van der Waals surface area (Å²) in [5.74, 6) is 1.17. The summed E-state index contributed by atoms with van der Waals surface area (Å²) in [6.45, 7) is 12.1.